The number of aromatic carboxylic acids is 1. The summed E-state index contributed by atoms with van der Waals surface area (Å²) in [4.78, 5) is 12.9. The molecular formula is C9H13N3O3. The number of aliphatic hydroxyl groups is 1. The molecule has 0 atom stereocenters. The lowest BCUT2D eigenvalue weighted by Gasteiger charge is -2.12. The summed E-state index contributed by atoms with van der Waals surface area (Å²) >= 11 is 0. The molecule has 2 N–H and O–H groups in total. The van der Waals surface area contributed by atoms with Crippen molar-refractivity contribution in [1.82, 2.24) is 14.7 Å². The maximum atomic E-state index is 10.9. The molecule has 1 aromatic heterocycles. The van der Waals surface area contributed by atoms with Crippen molar-refractivity contribution in [3.63, 3.8) is 0 Å². The Balaban J connectivity index is 2.29. The van der Waals surface area contributed by atoms with Crippen molar-refractivity contribution >= 4 is 5.97 Å². The zero-order valence-corrected chi connectivity index (χ0v) is 8.47. The van der Waals surface area contributed by atoms with E-state index in [2.05, 4.69) is 5.10 Å². The van der Waals surface area contributed by atoms with Crippen LogP contribution in [0, 0.1) is 0 Å². The molecule has 2 rings (SSSR count). The molecule has 0 fully saturated rings. The molecule has 0 aliphatic carbocycles. The van der Waals surface area contributed by atoms with E-state index in [1.54, 1.807) is 11.7 Å². The van der Waals surface area contributed by atoms with Gasteiger partial charge in [-0.05, 0) is 0 Å². The molecule has 15 heavy (non-hydrogen) atoms. The lowest BCUT2D eigenvalue weighted by molar-refractivity contribution is 0.0687. The van der Waals surface area contributed by atoms with Crippen LogP contribution in [0.3, 0.4) is 0 Å². The highest BCUT2D eigenvalue weighted by Crippen LogP contribution is 2.24. The van der Waals surface area contributed by atoms with Gasteiger partial charge in [0.15, 0.2) is 5.69 Å². The monoisotopic (exact) mass is 211 g/mol. The number of fused-ring (bicyclic) bond motifs is 1. The van der Waals surface area contributed by atoms with Crippen molar-refractivity contribution < 1.29 is 15.0 Å². The number of aryl methyl sites for hydroxylation is 1. The highest BCUT2D eigenvalue weighted by molar-refractivity contribution is 5.87. The van der Waals surface area contributed by atoms with E-state index in [1.807, 2.05) is 4.90 Å². The fraction of sp³-hybridized carbons (Fsp3) is 0.556. The Labute approximate surface area is 86.7 Å². The highest BCUT2D eigenvalue weighted by atomic mass is 16.4. The molecule has 0 aromatic carbocycles. The average Bonchev–Trinajstić information content (AvgIpc) is 2.68. The Hall–Kier alpha value is -1.40. The second-order valence-corrected chi connectivity index (χ2v) is 3.64. The van der Waals surface area contributed by atoms with Crippen LogP contribution in [0.2, 0.25) is 0 Å². The number of carbonyl (C=O) groups is 1. The third kappa shape index (κ3) is 1.62. The van der Waals surface area contributed by atoms with E-state index < -0.39 is 5.97 Å². The lowest BCUT2D eigenvalue weighted by Crippen LogP contribution is -2.22. The van der Waals surface area contributed by atoms with Crippen molar-refractivity contribution in [3.8, 4) is 0 Å². The van der Waals surface area contributed by atoms with Gasteiger partial charge in [-0.1, -0.05) is 0 Å². The Morgan fingerprint density at radius 1 is 1.53 bits per heavy atom. The van der Waals surface area contributed by atoms with Gasteiger partial charge < -0.3 is 10.2 Å². The predicted molar refractivity (Wildman–Crippen MR) is 51.4 cm³/mol. The SMILES string of the molecule is Cn1nc(C(=O)O)c2c1CN(CCO)C2. The highest BCUT2D eigenvalue weighted by Gasteiger charge is 2.28. The Kier molecular flexibility index (Phi) is 2.45. The molecule has 0 amide bonds. The summed E-state index contributed by atoms with van der Waals surface area (Å²) in [5.41, 5.74) is 1.84. The number of aromatic nitrogens is 2. The van der Waals surface area contributed by atoms with E-state index in [0.29, 0.717) is 19.6 Å². The second-order valence-electron chi connectivity index (χ2n) is 3.64. The lowest BCUT2D eigenvalue weighted by atomic mass is 10.2. The van der Waals surface area contributed by atoms with Crippen LogP contribution in [0.25, 0.3) is 0 Å². The van der Waals surface area contributed by atoms with E-state index in [-0.39, 0.29) is 12.3 Å². The summed E-state index contributed by atoms with van der Waals surface area (Å²) in [6.07, 6.45) is 0. The number of aliphatic hydroxyl groups excluding tert-OH is 1. The van der Waals surface area contributed by atoms with Gasteiger partial charge in [0.1, 0.15) is 0 Å². The van der Waals surface area contributed by atoms with Crippen LogP contribution in [0.15, 0.2) is 0 Å². The van der Waals surface area contributed by atoms with Crippen LogP contribution in [0.5, 0.6) is 0 Å². The second kappa shape index (κ2) is 3.63. The first kappa shape index (κ1) is 10.1. The van der Waals surface area contributed by atoms with Crippen LogP contribution in [0.1, 0.15) is 21.7 Å². The van der Waals surface area contributed by atoms with Crippen LogP contribution in [-0.2, 0) is 20.1 Å². The summed E-state index contributed by atoms with van der Waals surface area (Å²) in [5, 5.41) is 21.7. The van der Waals surface area contributed by atoms with Gasteiger partial charge in [-0.2, -0.15) is 5.10 Å². The van der Waals surface area contributed by atoms with Gasteiger partial charge in [-0.25, -0.2) is 4.79 Å². The van der Waals surface area contributed by atoms with E-state index >= 15 is 0 Å². The smallest absolute Gasteiger partial charge is 0.356 e. The molecule has 1 aromatic rings. The van der Waals surface area contributed by atoms with Gasteiger partial charge in [0.25, 0.3) is 0 Å². The fourth-order valence-electron chi connectivity index (χ4n) is 1.93. The molecule has 1 aliphatic rings. The first-order valence-electron chi connectivity index (χ1n) is 4.74. The fourth-order valence-corrected chi connectivity index (χ4v) is 1.93. The summed E-state index contributed by atoms with van der Waals surface area (Å²) < 4.78 is 1.61. The zero-order valence-electron chi connectivity index (χ0n) is 8.47. The number of hydrogen-bond donors (Lipinski definition) is 2. The van der Waals surface area contributed by atoms with Gasteiger partial charge in [0.2, 0.25) is 0 Å². The van der Waals surface area contributed by atoms with Crippen molar-refractivity contribution in [2.24, 2.45) is 7.05 Å². The topological polar surface area (TPSA) is 78.6 Å². The molecule has 6 heteroatoms. The number of hydrogen-bond acceptors (Lipinski definition) is 4. The minimum absolute atomic E-state index is 0.0871. The van der Waals surface area contributed by atoms with Gasteiger partial charge in [-0.3, -0.25) is 9.58 Å². The maximum absolute atomic E-state index is 10.9. The Morgan fingerprint density at radius 3 is 2.87 bits per heavy atom. The molecule has 1 aliphatic heterocycles. The number of carboxylic acids is 1. The molecule has 2 heterocycles. The van der Waals surface area contributed by atoms with E-state index in [0.717, 1.165) is 11.3 Å². The first-order chi connectivity index (χ1) is 7.13. The maximum Gasteiger partial charge on any atom is 0.356 e. The Morgan fingerprint density at radius 2 is 2.27 bits per heavy atom. The average molecular weight is 211 g/mol. The van der Waals surface area contributed by atoms with E-state index in [4.69, 9.17) is 10.2 Å². The van der Waals surface area contributed by atoms with Crippen molar-refractivity contribution in [2.75, 3.05) is 13.2 Å². The number of β-amino-alcohol motifs (C(OH)–C–C–N with tert-alkyl or cyclic N) is 1. The molecular weight excluding hydrogens is 198 g/mol. The van der Waals surface area contributed by atoms with Crippen LogP contribution < -0.4 is 0 Å². The van der Waals surface area contributed by atoms with Crippen LogP contribution in [0.4, 0.5) is 0 Å². The minimum Gasteiger partial charge on any atom is -0.476 e. The molecule has 0 radical (unpaired) electrons. The van der Waals surface area contributed by atoms with Gasteiger partial charge in [0, 0.05) is 32.2 Å². The largest absolute Gasteiger partial charge is 0.476 e. The van der Waals surface area contributed by atoms with E-state index in [1.165, 1.54) is 0 Å². The summed E-state index contributed by atoms with van der Waals surface area (Å²) in [6.45, 7) is 1.87. The van der Waals surface area contributed by atoms with Crippen molar-refractivity contribution in [1.29, 1.82) is 0 Å². The van der Waals surface area contributed by atoms with E-state index in [9.17, 15) is 4.79 Å². The summed E-state index contributed by atoms with van der Waals surface area (Å²) in [5.74, 6) is -0.988. The molecule has 6 nitrogen and oxygen atoms in total. The summed E-state index contributed by atoms with van der Waals surface area (Å²) in [6, 6.07) is 0. The molecule has 0 saturated heterocycles. The summed E-state index contributed by atoms with van der Waals surface area (Å²) in [7, 11) is 1.74. The van der Waals surface area contributed by atoms with Gasteiger partial charge >= 0.3 is 5.97 Å². The van der Waals surface area contributed by atoms with Gasteiger partial charge in [-0.15, -0.1) is 0 Å². The standard InChI is InChI=1S/C9H13N3O3/c1-11-7-5-12(2-3-13)4-6(7)8(10-11)9(14)15/h13H,2-5H2,1H3,(H,14,15). The zero-order chi connectivity index (χ0) is 11.0. The third-order valence-corrected chi connectivity index (χ3v) is 2.65. The normalized spacial score (nSPS) is 15.6. The molecule has 0 bridgehead atoms. The quantitative estimate of drug-likeness (QED) is 0.699. The third-order valence-electron chi connectivity index (χ3n) is 2.65. The molecule has 82 valence electrons. The molecule has 0 spiro atoms. The van der Waals surface area contributed by atoms with Crippen molar-refractivity contribution in [2.45, 2.75) is 13.1 Å². The van der Waals surface area contributed by atoms with Crippen LogP contribution >= 0.6 is 0 Å². The van der Waals surface area contributed by atoms with Crippen LogP contribution in [-0.4, -0.2) is 44.0 Å². The predicted octanol–water partition coefficient (Wildman–Crippen LogP) is -0.574. The number of nitrogens with zero attached hydrogens (tertiary/aromatic N) is 3. The Bertz CT molecular complexity index is 400. The minimum atomic E-state index is -0.988. The number of rotatable bonds is 3. The molecule has 0 unspecified atom stereocenters. The van der Waals surface area contributed by atoms with Crippen molar-refractivity contribution in [3.05, 3.63) is 17.0 Å². The van der Waals surface area contributed by atoms with Gasteiger partial charge in [0.05, 0.1) is 12.3 Å². The first-order valence-corrected chi connectivity index (χ1v) is 4.74. The number of carboxylic acid groups (broad SMARTS) is 1. The molecule has 0 saturated carbocycles.